The van der Waals surface area contributed by atoms with Crippen molar-refractivity contribution in [1.29, 1.82) is 0 Å². The van der Waals surface area contributed by atoms with Crippen LogP contribution in [0.1, 0.15) is 18.9 Å². The molecular formula is C15H17N3O2S. The second-order valence-electron chi connectivity index (χ2n) is 5.20. The second kappa shape index (κ2) is 5.04. The number of hydrogen-bond acceptors (Lipinski definition) is 4. The van der Waals surface area contributed by atoms with E-state index in [0.717, 1.165) is 24.1 Å². The fourth-order valence-corrected chi connectivity index (χ4v) is 4.55. The minimum atomic E-state index is -3.71. The second-order valence-corrected chi connectivity index (χ2v) is 6.99. The molecule has 0 saturated carbocycles. The maximum Gasteiger partial charge on any atom is 0.268 e. The molecule has 0 bridgehead atoms. The van der Waals surface area contributed by atoms with Crippen molar-refractivity contribution in [2.24, 2.45) is 0 Å². The summed E-state index contributed by atoms with van der Waals surface area (Å²) in [5, 5.41) is 0. The van der Waals surface area contributed by atoms with Crippen LogP contribution in [0.3, 0.4) is 0 Å². The lowest BCUT2D eigenvalue weighted by Crippen LogP contribution is -2.42. The van der Waals surface area contributed by atoms with Gasteiger partial charge in [0.05, 0.1) is 5.69 Å². The van der Waals surface area contributed by atoms with E-state index in [9.17, 15) is 8.42 Å². The summed E-state index contributed by atoms with van der Waals surface area (Å²) >= 11 is 0. The molecule has 1 aromatic heterocycles. The zero-order chi connectivity index (χ0) is 15.0. The van der Waals surface area contributed by atoms with Gasteiger partial charge >= 0.3 is 0 Å². The van der Waals surface area contributed by atoms with Gasteiger partial charge in [-0.25, -0.2) is 13.4 Å². The summed E-state index contributed by atoms with van der Waals surface area (Å²) in [6, 6.07) is 10.6. The van der Waals surface area contributed by atoms with Gasteiger partial charge in [0.15, 0.2) is 0 Å². The molecular weight excluding hydrogens is 286 g/mol. The fraction of sp³-hybridized carbons (Fsp3) is 0.267. The van der Waals surface area contributed by atoms with Crippen molar-refractivity contribution in [3.05, 3.63) is 48.2 Å². The lowest BCUT2D eigenvalue weighted by Gasteiger charge is -2.36. The summed E-state index contributed by atoms with van der Waals surface area (Å²) in [7, 11) is -3.71. The number of benzene rings is 1. The Kier molecular flexibility index (Phi) is 3.33. The standard InChI is InChI=1S/C15H17N3O2S/c1-11-8-9-12-5-2-3-6-13(12)18(11)21(19,20)14-7-4-10-17-15(14)16/h2-7,10-11H,8-9H2,1H3,(H2,16,17). The first kappa shape index (κ1) is 13.9. The molecule has 0 spiro atoms. The number of nitrogen functional groups attached to an aromatic ring is 1. The first-order valence-electron chi connectivity index (χ1n) is 6.84. The molecule has 2 N–H and O–H groups in total. The van der Waals surface area contributed by atoms with Crippen molar-refractivity contribution in [2.75, 3.05) is 10.0 Å². The van der Waals surface area contributed by atoms with Crippen LogP contribution in [-0.4, -0.2) is 19.4 Å². The molecule has 6 heteroatoms. The molecule has 0 aliphatic carbocycles. The van der Waals surface area contributed by atoms with E-state index in [1.807, 2.05) is 31.2 Å². The molecule has 0 amide bonds. The first-order valence-corrected chi connectivity index (χ1v) is 8.28. The predicted molar refractivity (Wildman–Crippen MR) is 82.5 cm³/mol. The monoisotopic (exact) mass is 303 g/mol. The van der Waals surface area contributed by atoms with Crippen LogP contribution < -0.4 is 10.0 Å². The highest BCUT2D eigenvalue weighted by Crippen LogP contribution is 2.35. The van der Waals surface area contributed by atoms with Crippen LogP contribution in [-0.2, 0) is 16.4 Å². The van der Waals surface area contributed by atoms with E-state index < -0.39 is 10.0 Å². The average molecular weight is 303 g/mol. The lowest BCUT2D eigenvalue weighted by atomic mass is 9.99. The molecule has 0 saturated heterocycles. The van der Waals surface area contributed by atoms with Gasteiger partial charge in [-0.2, -0.15) is 0 Å². The van der Waals surface area contributed by atoms with E-state index in [0.29, 0.717) is 0 Å². The molecule has 1 aromatic carbocycles. The molecule has 2 aromatic rings. The Morgan fingerprint density at radius 1 is 1.24 bits per heavy atom. The van der Waals surface area contributed by atoms with Crippen molar-refractivity contribution in [3.63, 3.8) is 0 Å². The number of para-hydroxylation sites is 1. The summed E-state index contributed by atoms with van der Waals surface area (Å²) in [6.45, 7) is 1.92. The van der Waals surface area contributed by atoms with E-state index in [4.69, 9.17) is 5.73 Å². The third-order valence-corrected chi connectivity index (χ3v) is 5.77. The minimum Gasteiger partial charge on any atom is -0.383 e. The van der Waals surface area contributed by atoms with Crippen LogP contribution in [0.5, 0.6) is 0 Å². The van der Waals surface area contributed by atoms with Crippen LogP contribution in [0, 0.1) is 0 Å². The van der Waals surface area contributed by atoms with E-state index >= 15 is 0 Å². The molecule has 0 radical (unpaired) electrons. The maximum atomic E-state index is 13.0. The van der Waals surface area contributed by atoms with Crippen LogP contribution in [0.25, 0.3) is 0 Å². The number of nitrogens with zero attached hydrogens (tertiary/aromatic N) is 2. The summed E-state index contributed by atoms with van der Waals surface area (Å²) in [6.07, 6.45) is 3.16. The third kappa shape index (κ3) is 2.25. The molecule has 1 aliphatic rings. The largest absolute Gasteiger partial charge is 0.383 e. The fourth-order valence-electron chi connectivity index (χ4n) is 2.75. The lowest BCUT2D eigenvalue weighted by molar-refractivity contribution is 0.563. The van der Waals surface area contributed by atoms with E-state index in [2.05, 4.69) is 4.98 Å². The number of aryl methyl sites for hydroxylation is 1. The maximum absolute atomic E-state index is 13.0. The number of pyridine rings is 1. The number of anilines is 2. The van der Waals surface area contributed by atoms with Crippen molar-refractivity contribution >= 4 is 21.5 Å². The quantitative estimate of drug-likeness (QED) is 0.922. The highest BCUT2D eigenvalue weighted by Gasteiger charge is 2.34. The zero-order valence-electron chi connectivity index (χ0n) is 11.7. The molecule has 110 valence electrons. The van der Waals surface area contributed by atoms with E-state index in [1.54, 1.807) is 6.07 Å². The van der Waals surface area contributed by atoms with Crippen molar-refractivity contribution in [3.8, 4) is 0 Å². The van der Waals surface area contributed by atoms with Gasteiger partial charge in [0, 0.05) is 12.2 Å². The van der Waals surface area contributed by atoms with Crippen LogP contribution in [0.4, 0.5) is 11.5 Å². The number of aromatic nitrogens is 1. The molecule has 1 unspecified atom stereocenters. The Labute approximate surface area is 124 Å². The summed E-state index contributed by atoms with van der Waals surface area (Å²) in [5.41, 5.74) is 7.54. The van der Waals surface area contributed by atoms with E-state index in [1.165, 1.54) is 16.6 Å². The third-order valence-electron chi connectivity index (χ3n) is 3.80. The van der Waals surface area contributed by atoms with Crippen molar-refractivity contribution in [1.82, 2.24) is 4.98 Å². The summed E-state index contributed by atoms with van der Waals surface area (Å²) < 4.78 is 27.4. The van der Waals surface area contributed by atoms with Gasteiger partial charge in [-0.15, -0.1) is 0 Å². The zero-order valence-corrected chi connectivity index (χ0v) is 12.5. The topological polar surface area (TPSA) is 76.3 Å². The molecule has 1 aliphatic heterocycles. The SMILES string of the molecule is CC1CCc2ccccc2N1S(=O)(=O)c1cccnc1N. The first-order chi connectivity index (χ1) is 10.0. The van der Waals surface area contributed by atoms with Crippen LogP contribution in [0.2, 0.25) is 0 Å². The Balaban J connectivity index is 2.17. The molecule has 5 nitrogen and oxygen atoms in total. The Hall–Kier alpha value is -2.08. The number of fused-ring (bicyclic) bond motifs is 1. The number of rotatable bonds is 2. The Morgan fingerprint density at radius 2 is 2.00 bits per heavy atom. The van der Waals surface area contributed by atoms with Crippen molar-refractivity contribution < 1.29 is 8.42 Å². The summed E-state index contributed by atoms with van der Waals surface area (Å²) in [4.78, 5) is 3.96. The average Bonchev–Trinajstić information content (AvgIpc) is 2.47. The summed E-state index contributed by atoms with van der Waals surface area (Å²) in [5.74, 6) is 0.0350. The van der Waals surface area contributed by atoms with Gasteiger partial charge in [-0.1, -0.05) is 18.2 Å². The van der Waals surface area contributed by atoms with Gasteiger partial charge in [0.25, 0.3) is 10.0 Å². The van der Waals surface area contributed by atoms with Crippen LogP contribution >= 0.6 is 0 Å². The Morgan fingerprint density at radius 3 is 2.76 bits per heavy atom. The normalized spacial score (nSPS) is 18.3. The van der Waals surface area contributed by atoms with Gasteiger partial charge in [0.2, 0.25) is 0 Å². The smallest absolute Gasteiger partial charge is 0.268 e. The van der Waals surface area contributed by atoms with Gasteiger partial charge in [-0.3, -0.25) is 4.31 Å². The van der Waals surface area contributed by atoms with Crippen LogP contribution in [0.15, 0.2) is 47.5 Å². The Bertz CT molecular complexity index is 774. The van der Waals surface area contributed by atoms with Gasteiger partial charge in [-0.05, 0) is 43.5 Å². The number of nitrogens with two attached hydrogens (primary N) is 1. The molecule has 21 heavy (non-hydrogen) atoms. The molecule has 2 heterocycles. The molecule has 1 atom stereocenters. The minimum absolute atomic E-state index is 0.0350. The van der Waals surface area contributed by atoms with Crippen molar-refractivity contribution in [2.45, 2.75) is 30.7 Å². The van der Waals surface area contributed by atoms with E-state index in [-0.39, 0.29) is 16.8 Å². The highest BCUT2D eigenvalue weighted by atomic mass is 32.2. The molecule has 0 fully saturated rings. The predicted octanol–water partition coefficient (Wildman–Crippen LogP) is 2.19. The number of sulfonamides is 1. The highest BCUT2D eigenvalue weighted by molar-refractivity contribution is 7.93. The molecule has 3 rings (SSSR count). The number of hydrogen-bond donors (Lipinski definition) is 1. The van der Waals surface area contributed by atoms with Gasteiger partial charge in [0.1, 0.15) is 10.7 Å². The van der Waals surface area contributed by atoms with Gasteiger partial charge < -0.3 is 5.73 Å².